The Morgan fingerprint density at radius 1 is 1.50 bits per heavy atom. The minimum Gasteiger partial charge on any atom is -0.481 e. The van der Waals surface area contributed by atoms with E-state index in [0.717, 1.165) is 10.7 Å². The Hall–Kier alpha value is -1.53. The number of halogens is 3. The molecule has 0 saturated heterocycles. The summed E-state index contributed by atoms with van der Waals surface area (Å²) in [6.07, 6.45) is -2.26. The number of nitrogens with zero attached hydrogens (tertiary/aromatic N) is 2. The van der Waals surface area contributed by atoms with Gasteiger partial charge in [0.15, 0.2) is 5.69 Å². The van der Waals surface area contributed by atoms with Gasteiger partial charge in [0.1, 0.15) is 0 Å². The molecule has 1 aromatic rings. The Bertz CT molecular complexity index is 413. The summed E-state index contributed by atoms with van der Waals surface area (Å²) in [6, 6.07) is 0.408. The first-order valence-corrected chi connectivity index (χ1v) is 4.75. The van der Waals surface area contributed by atoms with Gasteiger partial charge in [0.25, 0.3) is 0 Å². The molecule has 0 amide bonds. The minimum absolute atomic E-state index is 0.450. The van der Waals surface area contributed by atoms with Crippen molar-refractivity contribution in [3.05, 3.63) is 18.0 Å². The highest BCUT2D eigenvalue weighted by Crippen LogP contribution is 2.39. The number of aromatic nitrogens is 2. The summed E-state index contributed by atoms with van der Waals surface area (Å²) in [4.78, 5) is 10.7. The van der Waals surface area contributed by atoms with E-state index in [1.807, 2.05) is 0 Å². The molecule has 2 rings (SSSR count). The van der Waals surface area contributed by atoms with Crippen LogP contribution in [0, 0.1) is 5.92 Å². The molecule has 0 aromatic carbocycles. The highest BCUT2D eigenvalue weighted by Gasteiger charge is 2.40. The molecular weight excluding hydrogens is 225 g/mol. The van der Waals surface area contributed by atoms with Crippen LogP contribution in [0.15, 0.2) is 12.3 Å². The van der Waals surface area contributed by atoms with E-state index in [-0.39, 0.29) is 0 Å². The van der Waals surface area contributed by atoms with Crippen molar-refractivity contribution in [3.8, 4) is 0 Å². The standard InChI is InChI=1S/C9H9F3N2O2/c10-9(11,12)7-3-4-14(13-7)6-2-1-5(6)8(15)16/h3-6H,1-2H2,(H,15,16). The summed E-state index contributed by atoms with van der Waals surface area (Å²) in [5, 5.41) is 12.1. The molecule has 7 heteroatoms. The Labute approximate surface area is 88.7 Å². The molecule has 2 atom stereocenters. The second kappa shape index (κ2) is 3.50. The molecule has 0 aliphatic heterocycles. The van der Waals surface area contributed by atoms with Crippen molar-refractivity contribution in [2.24, 2.45) is 5.92 Å². The van der Waals surface area contributed by atoms with Crippen LogP contribution in [-0.2, 0) is 11.0 Å². The van der Waals surface area contributed by atoms with E-state index in [9.17, 15) is 18.0 Å². The minimum atomic E-state index is -4.48. The summed E-state index contributed by atoms with van der Waals surface area (Å²) >= 11 is 0. The topological polar surface area (TPSA) is 55.1 Å². The summed E-state index contributed by atoms with van der Waals surface area (Å²) in [6.45, 7) is 0. The van der Waals surface area contributed by atoms with Crippen molar-refractivity contribution in [2.45, 2.75) is 25.1 Å². The Morgan fingerprint density at radius 2 is 2.19 bits per heavy atom. The van der Waals surface area contributed by atoms with Crippen LogP contribution in [0.2, 0.25) is 0 Å². The Balaban J connectivity index is 2.17. The fourth-order valence-electron chi connectivity index (χ4n) is 1.76. The van der Waals surface area contributed by atoms with Crippen LogP contribution in [0.5, 0.6) is 0 Å². The van der Waals surface area contributed by atoms with E-state index in [1.54, 1.807) is 0 Å². The molecule has 0 radical (unpaired) electrons. The van der Waals surface area contributed by atoms with Gasteiger partial charge < -0.3 is 5.11 Å². The molecule has 1 saturated carbocycles. The van der Waals surface area contributed by atoms with E-state index >= 15 is 0 Å². The summed E-state index contributed by atoms with van der Waals surface area (Å²) < 4.78 is 37.9. The third-order valence-corrected chi connectivity index (χ3v) is 2.79. The lowest BCUT2D eigenvalue weighted by molar-refractivity contribution is -0.147. The predicted octanol–water partition coefficient (Wildman–Crippen LogP) is 1.94. The average Bonchev–Trinajstić information content (AvgIpc) is 2.48. The second-order valence-corrected chi connectivity index (χ2v) is 3.77. The van der Waals surface area contributed by atoms with Gasteiger partial charge in [-0.05, 0) is 18.9 Å². The number of alkyl halides is 3. The van der Waals surface area contributed by atoms with Crippen molar-refractivity contribution >= 4 is 5.97 Å². The number of carboxylic acids is 1. The first-order chi connectivity index (χ1) is 7.39. The van der Waals surface area contributed by atoms with Crippen LogP contribution in [0.25, 0.3) is 0 Å². The Morgan fingerprint density at radius 3 is 2.56 bits per heavy atom. The summed E-state index contributed by atoms with van der Waals surface area (Å²) in [7, 11) is 0. The van der Waals surface area contributed by atoms with Crippen molar-refractivity contribution in [2.75, 3.05) is 0 Å². The zero-order valence-electron chi connectivity index (χ0n) is 8.11. The monoisotopic (exact) mass is 234 g/mol. The zero-order valence-corrected chi connectivity index (χ0v) is 8.11. The van der Waals surface area contributed by atoms with Gasteiger partial charge in [-0.3, -0.25) is 9.48 Å². The van der Waals surface area contributed by atoms with Crippen LogP contribution in [0.3, 0.4) is 0 Å². The number of carboxylic acid groups (broad SMARTS) is 1. The van der Waals surface area contributed by atoms with Crippen LogP contribution in [0.4, 0.5) is 13.2 Å². The number of hydrogen-bond acceptors (Lipinski definition) is 2. The third-order valence-electron chi connectivity index (χ3n) is 2.79. The van der Waals surface area contributed by atoms with Gasteiger partial charge in [-0.2, -0.15) is 18.3 Å². The molecule has 2 unspecified atom stereocenters. The van der Waals surface area contributed by atoms with Crippen LogP contribution < -0.4 is 0 Å². The molecule has 88 valence electrons. The van der Waals surface area contributed by atoms with Crippen molar-refractivity contribution in [1.82, 2.24) is 9.78 Å². The van der Waals surface area contributed by atoms with Crippen molar-refractivity contribution in [1.29, 1.82) is 0 Å². The van der Waals surface area contributed by atoms with Crippen molar-refractivity contribution < 1.29 is 23.1 Å². The highest BCUT2D eigenvalue weighted by atomic mass is 19.4. The largest absolute Gasteiger partial charge is 0.481 e. The van der Waals surface area contributed by atoms with E-state index in [2.05, 4.69) is 5.10 Å². The number of hydrogen-bond donors (Lipinski definition) is 1. The maximum atomic E-state index is 12.3. The molecule has 16 heavy (non-hydrogen) atoms. The number of aliphatic carboxylic acids is 1. The summed E-state index contributed by atoms with van der Waals surface area (Å²) in [5.41, 5.74) is -0.983. The SMILES string of the molecule is O=C(O)C1CCC1n1ccc(C(F)(F)F)n1. The van der Waals surface area contributed by atoms with E-state index < -0.39 is 29.8 Å². The van der Waals surface area contributed by atoms with Crippen LogP contribution >= 0.6 is 0 Å². The second-order valence-electron chi connectivity index (χ2n) is 3.77. The van der Waals surface area contributed by atoms with Gasteiger partial charge in [-0.15, -0.1) is 0 Å². The average molecular weight is 234 g/mol. The summed E-state index contributed by atoms with van der Waals surface area (Å²) in [5.74, 6) is -1.61. The fraction of sp³-hybridized carbons (Fsp3) is 0.556. The maximum Gasteiger partial charge on any atom is 0.435 e. The zero-order chi connectivity index (χ0) is 11.9. The van der Waals surface area contributed by atoms with Gasteiger partial charge in [0.05, 0.1) is 12.0 Å². The highest BCUT2D eigenvalue weighted by molar-refractivity contribution is 5.71. The molecule has 1 N–H and O–H groups in total. The number of rotatable bonds is 2. The lowest BCUT2D eigenvalue weighted by Gasteiger charge is -2.33. The van der Waals surface area contributed by atoms with Gasteiger partial charge in [0.2, 0.25) is 0 Å². The van der Waals surface area contributed by atoms with E-state index in [4.69, 9.17) is 5.11 Å². The first-order valence-electron chi connectivity index (χ1n) is 4.75. The molecule has 0 spiro atoms. The van der Waals surface area contributed by atoms with Crippen LogP contribution in [0.1, 0.15) is 24.6 Å². The van der Waals surface area contributed by atoms with E-state index in [1.165, 1.54) is 6.20 Å². The lowest BCUT2D eigenvalue weighted by atomic mass is 9.80. The van der Waals surface area contributed by atoms with Gasteiger partial charge >= 0.3 is 12.1 Å². The molecule has 4 nitrogen and oxygen atoms in total. The molecule has 1 heterocycles. The molecular formula is C9H9F3N2O2. The van der Waals surface area contributed by atoms with Gasteiger partial charge in [0, 0.05) is 6.20 Å². The normalized spacial score (nSPS) is 25.2. The smallest absolute Gasteiger partial charge is 0.435 e. The first kappa shape index (κ1) is 11.0. The number of carbonyl (C=O) groups is 1. The quantitative estimate of drug-likeness (QED) is 0.850. The molecule has 1 aliphatic rings. The third kappa shape index (κ3) is 1.77. The van der Waals surface area contributed by atoms with Gasteiger partial charge in [-0.25, -0.2) is 0 Å². The van der Waals surface area contributed by atoms with E-state index in [0.29, 0.717) is 12.8 Å². The fourth-order valence-corrected chi connectivity index (χ4v) is 1.76. The molecule has 1 aliphatic carbocycles. The lowest BCUT2D eigenvalue weighted by Crippen LogP contribution is -2.35. The maximum absolute atomic E-state index is 12.3. The van der Waals surface area contributed by atoms with Crippen molar-refractivity contribution in [3.63, 3.8) is 0 Å². The van der Waals surface area contributed by atoms with Gasteiger partial charge in [-0.1, -0.05) is 0 Å². The Kier molecular flexibility index (Phi) is 2.40. The van der Waals surface area contributed by atoms with Crippen LogP contribution in [-0.4, -0.2) is 20.9 Å². The molecule has 0 bridgehead atoms. The molecule has 1 fully saturated rings. The predicted molar refractivity (Wildman–Crippen MR) is 46.6 cm³/mol. The molecule has 1 aromatic heterocycles.